The number of nitro benzene ring substituents is 1. The van der Waals surface area contributed by atoms with Gasteiger partial charge in [0.1, 0.15) is 4.32 Å². The highest BCUT2D eigenvalue weighted by atomic mass is 32.2. The number of thioether (sulfide) groups is 1. The summed E-state index contributed by atoms with van der Waals surface area (Å²) < 4.78 is 2.31. The van der Waals surface area contributed by atoms with Crippen molar-refractivity contribution in [2.75, 3.05) is 6.54 Å². The summed E-state index contributed by atoms with van der Waals surface area (Å²) in [5, 5.41) is 15.8. The zero-order valence-electron chi connectivity index (χ0n) is 18.0. The van der Waals surface area contributed by atoms with Gasteiger partial charge in [0.15, 0.2) is 0 Å². The minimum atomic E-state index is -0.433. The normalized spacial score (nSPS) is 14.9. The Morgan fingerprint density at radius 3 is 2.52 bits per heavy atom. The molecular formula is C24H22N4O3S2. The molecule has 1 aliphatic rings. The summed E-state index contributed by atoms with van der Waals surface area (Å²) in [5.41, 5.74) is 2.97. The van der Waals surface area contributed by atoms with Crippen molar-refractivity contribution in [3.63, 3.8) is 0 Å². The highest BCUT2D eigenvalue weighted by Gasteiger charge is 2.32. The van der Waals surface area contributed by atoms with Crippen LogP contribution in [0.4, 0.5) is 5.69 Å². The smallest absolute Gasteiger partial charge is 0.269 e. The monoisotopic (exact) mass is 478 g/mol. The van der Waals surface area contributed by atoms with Gasteiger partial charge in [-0.3, -0.25) is 19.8 Å². The number of amides is 1. The van der Waals surface area contributed by atoms with Crippen LogP contribution in [0.15, 0.2) is 65.7 Å². The van der Waals surface area contributed by atoms with Crippen LogP contribution >= 0.6 is 24.0 Å². The lowest BCUT2D eigenvalue weighted by Crippen LogP contribution is -2.28. The van der Waals surface area contributed by atoms with Crippen LogP contribution in [0.3, 0.4) is 0 Å². The summed E-state index contributed by atoms with van der Waals surface area (Å²) >= 11 is 6.74. The number of carbonyl (C=O) groups excluding carboxylic acids is 1. The van der Waals surface area contributed by atoms with E-state index < -0.39 is 4.92 Å². The van der Waals surface area contributed by atoms with E-state index in [2.05, 4.69) is 6.92 Å². The third-order valence-electron chi connectivity index (χ3n) is 5.26. The Bertz CT molecular complexity index is 1220. The predicted octanol–water partition coefficient (Wildman–Crippen LogP) is 5.84. The van der Waals surface area contributed by atoms with E-state index in [0.717, 1.165) is 36.1 Å². The minimum Gasteiger partial charge on any atom is -0.293 e. The molecular weight excluding hydrogens is 456 g/mol. The summed E-state index contributed by atoms with van der Waals surface area (Å²) in [5.74, 6) is -0.0942. The zero-order valence-corrected chi connectivity index (χ0v) is 19.6. The molecule has 0 bridgehead atoms. The van der Waals surface area contributed by atoms with Crippen molar-refractivity contribution in [2.45, 2.75) is 26.2 Å². The van der Waals surface area contributed by atoms with Gasteiger partial charge in [0.2, 0.25) is 0 Å². The maximum Gasteiger partial charge on any atom is 0.269 e. The number of hydrogen-bond donors (Lipinski definition) is 0. The first-order valence-electron chi connectivity index (χ1n) is 10.6. The molecule has 0 radical (unpaired) electrons. The molecule has 2 heterocycles. The molecule has 4 rings (SSSR count). The van der Waals surface area contributed by atoms with Crippen molar-refractivity contribution >= 4 is 46.0 Å². The van der Waals surface area contributed by atoms with Crippen molar-refractivity contribution < 1.29 is 9.72 Å². The zero-order chi connectivity index (χ0) is 23.4. The summed E-state index contributed by atoms with van der Waals surface area (Å²) in [6, 6.07) is 15.9. The Balaban J connectivity index is 1.72. The highest BCUT2D eigenvalue weighted by molar-refractivity contribution is 8.26. The van der Waals surface area contributed by atoms with Crippen molar-refractivity contribution in [3.05, 3.63) is 81.4 Å². The third-order valence-corrected chi connectivity index (χ3v) is 6.64. The fourth-order valence-corrected chi connectivity index (χ4v) is 4.82. The predicted molar refractivity (Wildman–Crippen MR) is 135 cm³/mol. The van der Waals surface area contributed by atoms with Gasteiger partial charge in [-0.25, -0.2) is 4.68 Å². The molecule has 0 N–H and O–H groups in total. The maximum atomic E-state index is 13.0. The number of para-hydroxylation sites is 1. The first-order chi connectivity index (χ1) is 16.0. The third kappa shape index (κ3) is 5.04. The second-order valence-corrected chi connectivity index (χ2v) is 9.23. The molecule has 7 nitrogen and oxygen atoms in total. The lowest BCUT2D eigenvalue weighted by atomic mass is 10.1. The first-order valence-corrected chi connectivity index (χ1v) is 11.9. The topological polar surface area (TPSA) is 81.3 Å². The summed E-state index contributed by atoms with van der Waals surface area (Å²) in [4.78, 5) is 25.8. The lowest BCUT2D eigenvalue weighted by Gasteiger charge is -2.13. The number of nitro groups is 1. The number of rotatable bonds is 8. The molecule has 0 aliphatic carbocycles. The van der Waals surface area contributed by atoms with Crippen molar-refractivity contribution in [1.82, 2.24) is 14.7 Å². The average molecular weight is 479 g/mol. The molecule has 1 aliphatic heterocycles. The maximum absolute atomic E-state index is 13.0. The van der Waals surface area contributed by atoms with Crippen LogP contribution in [0.2, 0.25) is 0 Å². The molecule has 9 heteroatoms. The van der Waals surface area contributed by atoms with Crippen LogP contribution in [0, 0.1) is 10.1 Å². The summed E-state index contributed by atoms with van der Waals surface area (Å²) in [7, 11) is 0. The van der Waals surface area contributed by atoms with Gasteiger partial charge in [0, 0.05) is 36.0 Å². The van der Waals surface area contributed by atoms with Crippen LogP contribution < -0.4 is 0 Å². The van der Waals surface area contributed by atoms with Crippen molar-refractivity contribution in [2.24, 2.45) is 0 Å². The van der Waals surface area contributed by atoms with E-state index in [4.69, 9.17) is 17.3 Å². The molecule has 1 fully saturated rings. The second kappa shape index (κ2) is 10.1. The Labute approximate surface area is 201 Å². The number of hydrogen-bond acceptors (Lipinski definition) is 6. The quantitative estimate of drug-likeness (QED) is 0.133. The van der Waals surface area contributed by atoms with Gasteiger partial charge < -0.3 is 0 Å². The molecule has 1 aromatic heterocycles. The van der Waals surface area contributed by atoms with Gasteiger partial charge in [0.25, 0.3) is 11.6 Å². The van der Waals surface area contributed by atoms with E-state index in [-0.39, 0.29) is 11.6 Å². The van der Waals surface area contributed by atoms with Gasteiger partial charge in [-0.05, 0) is 36.8 Å². The molecule has 2 aromatic carbocycles. The van der Waals surface area contributed by atoms with Crippen LogP contribution in [-0.2, 0) is 4.79 Å². The Morgan fingerprint density at radius 1 is 1.12 bits per heavy atom. The molecule has 0 spiro atoms. The Hall–Kier alpha value is -3.30. The van der Waals surface area contributed by atoms with Crippen LogP contribution in [0.5, 0.6) is 0 Å². The minimum absolute atomic E-state index is 0.00995. The van der Waals surface area contributed by atoms with Gasteiger partial charge in [-0.15, -0.1) is 0 Å². The van der Waals surface area contributed by atoms with Crippen molar-refractivity contribution in [1.29, 1.82) is 0 Å². The van der Waals surface area contributed by atoms with Gasteiger partial charge in [0.05, 0.1) is 21.2 Å². The molecule has 0 unspecified atom stereocenters. The number of non-ortho nitro benzene ring substituents is 1. The number of nitrogens with zero attached hydrogens (tertiary/aromatic N) is 4. The van der Waals surface area contributed by atoms with E-state index in [0.29, 0.717) is 21.5 Å². The number of thiocarbonyl (C=S) groups is 1. The molecule has 3 aromatic rings. The van der Waals surface area contributed by atoms with Crippen LogP contribution in [0.1, 0.15) is 31.7 Å². The average Bonchev–Trinajstić information content (AvgIpc) is 3.36. The van der Waals surface area contributed by atoms with Gasteiger partial charge in [-0.1, -0.05) is 61.9 Å². The summed E-state index contributed by atoms with van der Waals surface area (Å²) in [6.07, 6.45) is 6.69. The number of carbonyl (C=O) groups is 1. The molecule has 0 saturated carbocycles. The fourth-order valence-electron chi connectivity index (χ4n) is 3.53. The van der Waals surface area contributed by atoms with E-state index in [1.807, 2.05) is 42.6 Å². The highest BCUT2D eigenvalue weighted by Crippen LogP contribution is 2.35. The number of aromatic nitrogens is 2. The van der Waals surface area contributed by atoms with Gasteiger partial charge in [-0.2, -0.15) is 5.10 Å². The van der Waals surface area contributed by atoms with Gasteiger partial charge >= 0.3 is 0 Å². The van der Waals surface area contributed by atoms with Crippen LogP contribution in [0.25, 0.3) is 23.0 Å². The van der Waals surface area contributed by atoms with E-state index >= 15 is 0 Å². The first kappa shape index (κ1) is 22.9. The standard InChI is InChI=1S/C24H22N4O3S2/c1-2-3-7-14-26-23(29)21(33-24(26)32)15-18-16-27(19-8-5-4-6-9-19)25-22(18)17-10-12-20(13-11-17)28(30)31/h4-6,8-13,15-16H,2-3,7,14H2,1H3/b21-15+. The molecule has 0 atom stereocenters. The number of benzene rings is 2. The summed E-state index contributed by atoms with van der Waals surface area (Å²) in [6.45, 7) is 2.74. The second-order valence-electron chi connectivity index (χ2n) is 7.56. The lowest BCUT2D eigenvalue weighted by molar-refractivity contribution is -0.384. The van der Waals surface area contributed by atoms with Crippen molar-refractivity contribution in [3.8, 4) is 16.9 Å². The Morgan fingerprint density at radius 2 is 1.85 bits per heavy atom. The van der Waals surface area contributed by atoms with E-state index in [1.165, 1.54) is 23.9 Å². The SMILES string of the molecule is CCCCCN1C(=O)/C(=C\c2cn(-c3ccccc3)nc2-c2ccc([N+](=O)[O-])cc2)SC1=S. The fraction of sp³-hybridized carbons (Fsp3) is 0.208. The van der Waals surface area contributed by atoms with Crippen LogP contribution in [-0.4, -0.2) is 36.4 Å². The number of unbranched alkanes of at least 4 members (excludes halogenated alkanes) is 2. The Kier molecular flexibility index (Phi) is 7.00. The van der Waals surface area contributed by atoms with E-state index in [1.54, 1.807) is 21.7 Å². The molecule has 33 heavy (non-hydrogen) atoms. The molecule has 1 amide bonds. The largest absolute Gasteiger partial charge is 0.293 e. The van der Waals surface area contributed by atoms with E-state index in [9.17, 15) is 14.9 Å². The molecule has 1 saturated heterocycles. The molecule has 168 valence electrons.